The van der Waals surface area contributed by atoms with Crippen LogP contribution in [0.3, 0.4) is 0 Å². The molecule has 0 bridgehead atoms. The van der Waals surface area contributed by atoms with Gasteiger partial charge in [0.25, 0.3) is 5.91 Å². The van der Waals surface area contributed by atoms with E-state index in [9.17, 15) is 9.59 Å². The van der Waals surface area contributed by atoms with Crippen molar-refractivity contribution in [3.05, 3.63) is 69.0 Å². The van der Waals surface area contributed by atoms with Gasteiger partial charge in [-0.1, -0.05) is 23.8 Å². The Hall–Kier alpha value is -2.02. The Labute approximate surface area is 141 Å². The van der Waals surface area contributed by atoms with E-state index in [1.165, 1.54) is 0 Å². The Morgan fingerprint density at radius 1 is 1.27 bits per heavy atom. The lowest BCUT2D eigenvalue weighted by atomic mass is 9.89. The molecule has 0 saturated carbocycles. The predicted octanol–water partition coefficient (Wildman–Crippen LogP) is 3.02. The first-order valence-corrected chi connectivity index (χ1v) is 7.89. The molecule has 5 heteroatoms. The minimum atomic E-state index is -0.283. The summed E-state index contributed by atoms with van der Waals surface area (Å²) in [6, 6.07) is 7.32. The lowest BCUT2D eigenvalue weighted by molar-refractivity contribution is -0.116. The highest BCUT2D eigenvalue weighted by Crippen LogP contribution is 2.26. The van der Waals surface area contributed by atoms with Gasteiger partial charge >= 0.3 is 0 Å². The van der Waals surface area contributed by atoms with Gasteiger partial charge in [0.05, 0.1) is 11.3 Å². The van der Waals surface area contributed by atoms with Gasteiger partial charge in [0.1, 0.15) is 0 Å². The van der Waals surface area contributed by atoms with Crippen LogP contribution in [-0.2, 0) is 4.79 Å². The van der Waals surface area contributed by atoms with Gasteiger partial charge in [0, 0.05) is 21.3 Å². The van der Waals surface area contributed by atoms with Crippen molar-refractivity contribution < 1.29 is 9.59 Å². The molecule has 22 heavy (non-hydrogen) atoms. The molecule has 1 unspecified atom stereocenters. The Kier molecular flexibility index (Phi) is 4.06. The summed E-state index contributed by atoms with van der Waals surface area (Å²) in [5.74, 6) is -0.364. The molecule has 1 aliphatic heterocycles. The highest BCUT2D eigenvalue weighted by atomic mass is 127. The van der Waals surface area contributed by atoms with Crippen LogP contribution in [0.25, 0.3) is 0 Å². The number of carbonyl (C=O) groups excluding carboxylic acids is 2. The van der Waals surface area contributed by atoms with Crippen LogP contribution in [0, 0.1) is 9.49 Å². The fraction of sp³-hybridized carbons (Fsp3) is 0.118. The van der Waals surface area contributed by atoms with Crippen LogP contribution in [0.1, 0.15) is 17.3 Å². The third kappa shape index (κ3) is 2.94. The lowest BCUT2D eigenvalue weighted by Crippen LogP contribution is -2.32. The van der Waals surface area contributed by atoms with E-state index in [0.717, 1.165) is 14.8 Å². The minimum Gasteiger partial charge on any atom is -0.325 e. The van der Waals surface area contributed by atoms with Crippen LogP contribution in [0.2, 0.25) is 0 Å². The zero-order valence-corrected chi connectivity index (χ0v) is 14.0. The second-order valence-corrected chi connectivity index (χ2v) is 6.30. The van der Waals surface area contributed by atoms with Gasteiger partial charge in [0.15, 0.2) is 0 Å². The number of amides is 2. The summed E-state index contributed by atoms with van der Waals surface area (Å²) in [4.78, 5) is 28.0. The van der Waals surface area contributed by atoms with Crippen LogP contribution >= 0.6 is 22.6 Å². The number of benzene rings is 1. The Morgan fingerprint density at radius 3 is 2.82 bits per heavy atom. The van der Waals surface area contributed by atoms with Gasteiger partial charge in [-0.2, -0.15) is 0 Å². The molecular weight excluding hydrogens is 391 g/mol. The monoisotopic (exact) mass is 404 g/mol. The zero-order valence-electron chi connectivity index (χ0n) is 11.8. The summed E-state index contributed by atoms with van der Waals surface area (Å²) in [5, 5.41) is 2.80. The van der Waals surface area contributed by atoms with E-state index >= 15 is 0 Å². The lowest BCUT2D eigenvalue weighted by Gasteiger charge is -2.25. The highest BCUT2D eigenvalue weighted by molar-refractivity contribution is 14.1. The van der Waals surface area contributed by atoms with Gasteiger partial charge in [-0.05, 0) is 53.8 Å². The van der Waals surface area contributed by atoms with Gasteiger partial charge in [-0.15, -0.1) is 0 Å². The Bertz CT molecular complexity index is 788. The maximum absolute atomic E-state index is 12.3. The number of carbonyl (C=O) groups is 2. The maximum Gasteiger partial charge on any atom is 0.278 e. The number of nitrogens with one attached hydrogen (secondary N) is 1. The highest BCUT2D eigenvalue weighted by Gasteiger charge is 2.24. The van der Waals surface area contributed by atoms with Gasteiger partial charge in [-0.25, -0.2) is 4.99 Å². The number of hydrogen-bond donors (Lipinski definition) is 1. The molecule has 0 spiro atoms. The van der Waals surface area contributed by atoms with Crippen molar-refractivity contribution in [2.24, 2.45) is 10.9 Å². The van der Waals surface area contributed by atoms with Gasteiger partial charge in [0.2, 0.25) is 5.91 Å². The summed E-state index contributed by atoms with van der Waals surface area (Å²) in [5.41, 5.74) is 2.87. The minimum absolute atomic E-state index is 0.0589. The third-order valence-corrected chi connectivity index (χ3v) is 4.49. The molecule has 0 aromatic heterocycles. The fourth-order valence-electron chi connectivity index (χ4n) is 2.46. The molecular formula is C17H13IN2O2. The molecule has 1 heterocycles. The maximum atomic E-state index is 12.3. The number of nitrogens with zero attached hydrogens (tertiary/aromatic N) is 1. The molecule has 2 amide bonds. The molecule has 1 aromatic rings. The van der Waals surface area contributed by atoms with Crippen molar-refractivity contribution >= 4 is 40.1 Å². The van der Waals surface area contributed by atoms with E-state index in [1.54, 1.807) is 18.2 Å². The van der Waals surface area contributed by atoms with Crippen molar-refractivity contribution in [3.8, 4) is 0 Å². The molecule has 3 rings (SSSR count). The zero-order chi connectivity index (χ0) is 15.7. The molecule has 1 aliphatic carbocycles. The molecule has 0 saturated heterocycles. The summed E-state index contributed by atoms with van der Waals surface area (Å²) < 4.78 is 0.865. The van der Waals surface area contributed by atoms with Crippen molar-refractivity contribution in [3.63, 3.8) is 0 Å². The van der Waals surface area contributed by atoms with Crippen molar-refractivity contribution in [1.82, 2.24) is 5.32 Å². The van der Waals surface area contributed by atoms with E-state index < -0.39 is 0 Å². The van der Waals surface area contributed by atoms with Crippen LogP contribution < -0.4 is 5.32 Å². The number of halogens is 1. The van der Waals surface area contributed by atoms with E-state index in [0.29, 0.717) is 11.3 Å². The fourth-order valence-corrected chi connectivity index (χ4v) is 3.08. The molecule has 1 atom stereocenters. The van der Waals surface area contributed by atoms with E-state index in [1.807, 2.05) is 37.3 Å². The number of aliphatic imine (C=N–C) groups is 1. The first-order chi connectivity index (χ1) is 10.5. The van der Waals surface area contributed by atoms with Crippen molar-refractivity contribution in [2.75, 3.05) is 0 Å². The third-order valence-electron chi connectivity index (χ3n) is 3.55. The number of allylic oxidation sites excluding steroid dienone is 3. The first-order valence-electron chi connectivity index (χ1n) is 6.81. The largest absolute Gasteiger partial charge is 0.325 e. The summed E-state index contributed by atoms with van der Waals surface area (Å²) in [6.45, 7) is 1.92. The smallest absolute Gasteiger partial charge is 0.278 e. The average molecular weight is 404 g/mol. The first kappa shape index (κ1) is 14.9. The standard InChI is InChI=1S/C17H13IN2O2/c1-10-8-16(21)20-15-9-11(6-7-12(10)15)19-17(22)13-4-2-3-5-14(13)18/h2-9,12H,1H3,(H,20,21). The van der Waals surface area contributed by atoms with Gasteiger partial charge < -0.3 is 5.32 Å². The molecule has 110 valence electrons. The predicted molar refractivity (Wildman–Crippen MR) is 93.5 cm³/mol. The SMILES string of the molecule is CC1=CC(=O)NC2=CC(=NC(=O)c3ccccc3I)C=CC12. The molecule has 0 radical (unpaired) electrons. The number of hydrogen-bond acceptors (Lipinski definition) is 2. The topological polar surface area (TPSA) is 58.5 Å². The Balaban J connectivity index is 1.90. The summed E-state index contributed by atoms with van der Waals surface area (Å²) in [7, 11) is 0. The van der Waals surface area contributed by atoms with Crippen LogP contribution in [0.15, 0.2) is 64.8 Å². The average Bonchev–Trinajstić information content (AvgIpc) is 2.47. The van der Waals surface area contributed by atoms with Crippen LogP contribution in [0.4, 0.5) is 0 Å². The van der Waals surface area contributed by atoms with Gasteiger partial charge in [-0.3, -0.25) is 9.59 Å². The van der Waals surface area contributed by atoms with Crippen molar-refractivity contribution in [2.45, 2.75) is 6.92 Å². The second-order valence-electron chi connectivity index (χ2n) is 5.14. The Morgan fingerprint density at radius 2 is 2.05 bits per heavy atom. The molecule has 1 N–H and O–H groups in total. The van der Waals surface area contributed by atoms with E-state index in [4.69, 9.17) is 0 Å². The number of rotatable bonds is 1. The van der Waals surface area contributed by atoms with E-state index in [-0.39, 0.29) is 17.7 Å². The van der Waals surface area contributed by atoms with Crippen LogP contribution in [0.5, 0.6) is 0 Å². The summed E-state index contributed by atoms with van der Waals surface area (Å²) >= 11 is 2.12. The molecule has 0 fully saturated rings. The van der Waals surface area contributed by atoms with Crippen molar-refractivity contribution in [1.29, 1.82) is 0 Å². The van der Waals surface area contributed by atoms with E-state index in [2.05, 4.69) is 32.9 Å². The number of fused-ring (bicyclic) bond motifs is 1. The molecule has 2 aliphatic rings. The second kappa shape index (κ2) is 6.00. The summed E-state index contributed by atoms with van der Waals surface area (Å²) in [6.07, 6.45) is 7.11. The quantitative estimate of drug-likeness (QED) is 0.732. The normalized spacial score (nSPS) is 21.8. The molecule has 1 aromatic carbocycles. The molecule has 4 nitrogen and oxygen atoms in total. The van der Waals surface area contributed by atoms with Crippen LogP contribution in [-0.4, -0.2) is 17.5 Å².